The van der Waals surface area contributed by atoms with Crippen molar-refractivity contribution >= 4 is 21.8 Å². The second kappa shape index (κ2) is 5.47. The minimum atomic E-state index is -1.24. The lowest BCUT2D eigenvalue weighted by atomic mass is 9.93. The Morgan fingerprint density at radius 3 is 2.60 bits per heavy atom. The van der Waals surface area contributed by atoms with Crippen LogP contribution in [-0.2, 0) is 9.53 Å². The number of carbonyl (C=O) groups is 1. The van der Waals surface area contributed by atoms with Crippen molar-refractivity contribution in [3.63, 3.8) is 0 Å². The van der Waals surface area contributed by atoms with Gasteiger partial charge in [-0.25, -0.2) is 0 Å². The number of aliphatic hydroxyl groups is 1. The number of halogens is 1. The fourth-order valence-electron chi connectivity index (χ4n) is 2.67. The molecule has 2 fully saturated rings. The summed E-state index contributed by atoms with van der Waals surface area (Å²) in [6, 6.07) is 8.32. The molecule has 3 rings (SSSR count). The number of rotatable bonds is 3. The molecule has 0 radical (unpaired) electrons. The van der Waals surface area contributed by atoms with E-state index in [1.165, 1.54) is 5.56 Å². The van der Waals surface area contributed by atoms with Crippen molar-refractivity contribution in [2.75, 3.05) is 13.2 Å². The van der Waals surface area contributed by atoms with E-state index in [1.807, 2.05) is 12.1 Å². The van der Waals surface area contributed by atoms with Crippen LogP contribution in [0, 0.1) is 0 Å². The molecule has 20 heavy (non-hydrogen) atoms. The number of hydrogen-bond acceptors (Lipinski definition) is 3. The third kappa shape index (κ3) is 2.90. The van der Waals surface area contributed by atoms with E-state index in [2.05, 4.69) is 33.4 Å². The molecule has 1 saturated carbocycles. The smallest absolute Gasteiger partial charge is 0.252 e. The highest BCUT2D eigenvalue weighted by atomic mass is 79.9. The van der Waals surface area contributed by atoms with Gasteiger partial charge in [-0.2, -0.15) is 0 Å². The highest BCUT2D eigenvalue weighted by Crippen LogP contribution is 2.41. The molecule has 2 atom stereocenters. The van der Waals surface area contributed by atoms with E-state index in [-0.39, 0.29) is 11.9 Å². The standard InChI is InChI=1S/C15H18BrNO3/c16-11-3-1-10(2-4-11)12-9-13(12)17-14(18)15(19)5-7-20-8-6-15/h1-4,12-13,19H,5-9H2,(H,17,18)/t12-,13+/m0/s1. The molecular formula is C15H18BrNO3. The van der Waals surface area contributed by atoms with Crippen LogP contribution in [0.15, 0.2) is 28.7 Å². The van der Waals surface area contributed by atoms with Crippen LogP contribution in [0.2, 0.25) is 0 Å². The quantitative estimate of drug-likeness (QED) is 0.885. The van der Waals surface area contributed by atoms with E-state index in [4.69, 9.17) is 4.74 Å². The lowest BCUT2D eigenvalue weighted by Crippen LogP contribution is -2.51. The number of carbonyl (C=O) groups excluding carboxylic acids is 1. The number of hydrogen-bond donors (Lipinski definition) is 2. The molecule has 1 amide bonds. The fraction of sp³-hybridized carbons (Fsp3) is 0.533. The van der Waals surface area contributed by atoms with Crippen LogP contribution in [0.1, 0.15) is 30.7 Å². The predicted octanol–water partition coefficient (Wildman–Crippen LogP) is 1.96. The molecule has 0 bridgehead atoms. The average Bonchev–Trinajstić information content (AvgIpc) is 3.19. The first-order valence-electron chi connectivity index (χ1n) is 6.95. The van der Waals surface area contributed by atoms with Crippen molar-refractivity contribution in [3.05, 3.63) is 34.3 Å². The van der Waals surface area contributed by atoms with Crippen LogP contribution >= 0.6 is 15.9 Å². The normalized spacial score (nSPS) is 27.9. The molecule has 2 N–H and O–H groups in total. The lowest BCUT2D eigenvalue weighted by molar-refractivity contribution is -0.149. The second-order valence-electron chi connectivity index (χ2n) is 5.62. The Morgan fingerprint density at radius 2 is 1.95 bits per heavy atom. The maximum Gasteiger partial charge on any atom is 0.252 e. The van der Waals surface area contributed by atoms with Crippen molar-refractivity contribution in [3.8, 4) is 0 Å². The van der Waals surface area contributed by atoms with Crippen LogP contribution in [0.5, 0.6) is 0 Å². The minimum Gasteiger partial charge on any atom is -0.381 e. The fourth-order valence-corrected chi connectivity index (χ4v) is 2.94. The third-order valence-electron chi connectivity index (χ3n) is 4.15. The van der Waals surface area contributed by atoms with Gasteiger partial charge in [0, 0.05) is 42.5 Å². The van der Waals surface area contributed by atoms with Gasteiger partial charge < -0.3 is 15.2 Å². The van der Waals surface area contributed by atoms with Crippen LogP contribution < -0.4 is 5.32 Å². The topological polar surface area (TPSA) is 58.6 Å². The van der Waals surface area contributed by atoms with Gasteiger partial charge >= 0.3 is 0 Å². The Morgan fingerprint density at radius 1 is 1.30 bits per heavy atom. The predicted molar refractivity (Wildman–Crippen MR) is 78.4 cm³/mol. The Hall–Kier alpha value is -0.910. The molecule has 108 valence electrons. The average molecular weight is 340 g/mol. The summed E-state index contributed by atoms with van der Waals surface area (Å²) in [6.07, 6.45) is 1.71. The molecule has 4 nitrogen and oxygen atoms in total. The van der Waals surface area contributed by atoms with E-state index in [9.17, 15) is 9.90 Å². The number of ether oxygens (including phenoxy) is 1. The Labute approximate surface area is 126 Å². The van der Waals surface area contributed by atoms with E-state index in [0.717, 1.165) is 10.9 Å². The Bertz CT molecular complexity index is 496. The van der Waals surface area contributed by atoms with E-state index < -0.39 is 5.60 Å². The SMILES string of the molecule is O=C(N[C@@H]1C[C@H]1c1ccc(Br)cc1)C1(O)CCOCC1. The first-order valence-corrected chi connectivity index (χ1v) is 7.74. The van der Waals surface area contributed by atoms with Gasteiger partial charge in [0.2, 0.25) is 0 Å². The van der Waals surface area contributed by atoms with Gasteiger partial charge in [0.05, 0.1) is 0 Å². The van der Waals surface area contributed by atoms with Gasteiger partial charge in [0.1, 0.15) is 5.60 Å². The largest absolute Gasteiger partial charge is 0.381 e. The first kappa shape index (κ1) is 14.0. The van der Waals surface area contributed by atoms with Crippen molar-refractivity contribution in [2.24, 2.45) is 0 Å². The monoisotopic (exact) mass is 339 g/mol. The summed E-state index contributed by atoms with van der Waals surface area (Å²) < 4.78 is 6.25. The zero-order valence-corrected chi connectivity index (χ0v) is 12.7. The van der Waals surface area contributed by atoms with Gasteiger partial charge in [-0.05, 0) is 24.1 Å². The molecular weight excluding hydrogens is 322 g/mol. The number of nitrogens with one attached hydrogen (secondary N) is 1. The summed E-state index contributed by atoms with van der Waals surface area (Å²) in [7, 11) is 0. The first-order chi connectivity index (χ1) is 9.58. The zero-order valence-electron chi connectivity index (χ0n) is 11.1. The molecule has 0 spiro atoms. The zero-order chi connectivity index (χ0) is 14.2. The molecule has 1 aromatic rings. The van der Waals surface area contributed by atoms with Gasteiger partial charge in [-0.1, -0.05) is 28.1 Å². The molecule has 1 aliphatic carbocycles. The molecule has 1 heterocycles. The van der Waals surface area contributed by atoms with E-state index in [1.54, 1.807) is 0 Å². The van der Waals surface area contributed by atoms with Gasteiger partial charge in [0.15, 0.2) is 0 Å². The van der Waals surface area contributed by atoms with Crippen molar-refractivity contribution in [2.45, 2.75) is 36.8 Å². The van der Waals surface area contributed by atoms with Crippen LogP contribution in [0.4, 0.5) is 0 Å². The Kier molecular flexibility index (Phi) is 3.84. The van der Waals surface area contributed by atoms with Gasteiger partial charge in [-0.3, -0.25) is 4.79 Å². The van der Waals surface area contributed by atoms with Crippen LogP contribution in [0.25, 0.3) is 0 Å². The van der Waals surface area contributed by atoms with Gasteiger partial charge in [-0.15, -0.1) is 0 Å². The lowest BCUT2D eigenvalue weighted by Gasteiger charge is -2.30. The van der Waals surface area contributed by atoms with Crippen molar-refractivity contribution in [1.82, 2.24) is 5.32 Å². The van der Waals surface area contributed by atoms with E-state index >= 15 is 0 Å². The highest BCUT2D eigenvalue weighted by Gasteiger charge is 2.44. The molecule has 2 aliphatic rings. The summed E-state index contributed by atoms with van der Waals surface area (Å²) in [5, 5.41) is 13.3. The molecule has 5 heteroatoms. The Balaban J connectivity index is 1.57. The van der Waals surface area contributed by atoms with Crippen LogP contribution in [-0.4, -0.2) is 35.9 Å². The summed E-state index contributed by atoms with van der Waals surface area (Å²) >= 11 is 3.41. The maximum atomic E-state index is 12.2. The molecule has 1 aliphatic heterocycles. The molecule has 1 aromatic carbocycles. The summed E-state index contributed by atoms with van der Waals surface area (Å²) in [4.78, 5) is 12.2. The summed E-state index contributed by atoms with van der Waals surface area (Å²) in [6.45, 7) is 0.898. The van der Waals surface area contributed by atoms with Crippen LogP contribution in [0.3, 0.4) is 0 Å². The number of benzene rings is 1. The molecule has 0 unspecified atom stereocenters. The minimum absolute atomic E-state index is 0.149. The van der Waals surface area contributed by atoms with Gasteiger partial charge in [0.25, 0.3) is 5.91 Å². The number of amides is 1. The third-order valence-corrected chi connectivity index (χ3v) is 4.68. The molecule has 0 aromatic heterocycles. The summed E-state index contributed by atoms with van der Waals surface area (Å²) in [5.41, 5.74) is -0.0112. The molecule has 1 saturated heterocycles. The van der Waals surface area contributed by atoms with E-state index in [0.29, 0.717) is 32.0 Å². The highest BCUT2D eigenvalue weighted by molar-refractivity contribution is 9.10. The van der Waals surface area contributed by atoms with Crippen molar-refractivity contribution < 1.29 is 14.6 Å². The maximum absolute atomic E-state index is 12.2. The van der Waals surface area contributed by atoms with Crippen molar-refractivity contribution in [1.29, 1.82) is 0 Å². The summed E-state index contributed by atoms with van der Waals surface area (Å²) in [5.74, 6) is 0.126. The second-order valence-corrected chi connectivity index (χ2v) is 6.53.